The Hall–Kier alpha value is -3.17. The van der Waals surface area contributed by atoms with Crippen molar-refractivity contribution in [2.75, 3.05) is 6.61 Å². The van der Waals surface area contributed by atoms with Crippen LogP contribution in [0.4, 0.5) is 13.2 Å². The molecule has 14 heteroatoms. The largest absolute Gasteiger partial charge is 0.394 e. The van der Waals surface area contributed by atoms with E-state index in [-0.39, 0.29) is 17.0 Å². The van der Waals surface area contributed by atoms with E-state index in [9.17, 15) is 28.5 Å². The van der Waals surface area contributed by atoms with Gasteiger partial charge in [0.05, 0.1) is 24.7 Å². The number of hydrogen-bond donors (Lipinski definition) is 3. The molecule has 1 aromatic carbocycles. The fourth-order valence-corrected chi connectivity index (χ4v) is 4.68. The Morgan fingerprint density at radius 3 is 2.43 bits per heavy atom. The van der Waals surface area contributed by atoms with Crippen molar-refractivity contribution >= 4 is 15.9 Å². The summed E-state index contributed by atoms with van der Waals surface area (Å²) >= 11 is 3.35. The Labute approximate surface area is 216 Å². The molecule has 4 heterocycles. The third-order valence-corrected chi connectivity index (χ3v) is 6.48. The molecule has 5 rings (SSSR count). The van der Waals surface area contributed by atoms with Crippen molar-refractivity contribution in [1.29, 1.82) is 0 Å². The zero-order chi connectivity index (χ0) is 26.4. The summed E-state index contributed by atoms with van der Waals surface area (Å²) in [5.41, 5.74) is 0.734. The summed E-state index contributed by atoms with van der Waals surface area (Å²) in [5, 5.41) is 40.7. The van der Waals surface area contributed by atoms with Gasteiger partial charge in [-0.05, 0) is 46.6 Å². The summed E-state index contributed by atoms with van der Waals surface area (Å²) < 4.78 is 50.1. The first-order valence-electron chi connectivity index (χ1n) is 11.0. The second-order valence-corrected chi connectivity index (χ2v) is 9.42. The number of halogens is 4. The molecule has 1 aliphatic heterocycles. The first-order chi connectivity index (χ1) is 17.7. The minimum Gasteiger partial charge on any atom is -0.394 e. The molecule has 0 bridgehead atoms. The Morgan fingerprint density at radius 1 is 1.03 bits per heavy atom. The van der Waals surface area contributed by atoms with Crippen molar-refractivity contribution in [3.05, 3.63) is 76.6 Å². The van der Waals surface area contributed by atoms with Gasteiger partial charge in [-0.15, -0.1) is 0 Å². The molecular weight excluding hydrogens is 561 g/mol. The Bertz CT molecular complexity index is 1430. The van der Waals surface area contributed by atoms with Gasteiger partial charge in [0, 0.05) is 22.4 Å². The summed E-state index contributed by atoms with van der Waals surface area (Å²) in [6, 6.07) is 2.20. The van der Waals surface area contributed by atoms with Gasteiger partial charge < -0.3 is 20.1 Å². The fraction of sp³-hybridized carbons (Fsp3) is 0.304. The van der Waals surface area contributed by atoms with Crippen molar-refractivity contribution in [3.63, 3.8) is 0 Å². The minimum absolute atomic E-state index is 0.00599. The normalized spacial score (nSPS) is 23.9. The number of hydrogen-bond acceptors (Lipinski definition) is 8. The molecule has 194 valence electrons. The molecule has 2 unspecified atom stereocenters. The standard InChI is InChI=1S/C23H20BrF3N6O4/c1-10-30-23(33(31-10)14-4-13(24)6-28-7-14)22-21(36)19(20(35)17(9-34)37-22)32-8-12(5-29-32)11-2-15(25)18(27)16(26)3-11/h2-8,17,19-22,34-36H,9H2,1H3/t17?,19?,20-,21-,22+/m0/s1. The minimum atomic E-state index is -1.60. The molecule has 37 heavy (non-hydrogen) atoms. The lowest BCUT2D eigenvalue weighted by Crippen LogP contribution is -2.53. The van der Waals surface area contributed by atoms with Gasteiger partial charge in [-0.3, -0.25) is 9.67 Å². The van der Waals surface area contributed by atoms with Crippen LogP contribution in [0.1, 0.15) is 23.8 Å². The van der Waals surface area contributed by atoms with Crippen LogP contribution >= 0.6 is 15.9 Å². The van der Waals surface area contributed by atoms with E-state index in [1.54, 1.807) is 19.2 Å². The summed E-state index contributed by atoms with van der Waals surface area (Å²) in [6.07, 6.45) is 0.537. The molecule has 0 aliphatic carbocycles. The van der Waals surface area contributed by atoms with Crippen molar-refractivity contribution < 1.29 is 33.2 Å². The van der Waals surface area contributed by atoms with Crippen LogP contribution in [0.2, 0.25) is 0 Å². The maximum atomic E-state index is 13.8. The Balaban J connectivity index is 1.54. The zero-order valence-corrected chi connectivity index (χ0v) is 20.7. The lowest BCUT2D eigenvalue weighted by molar-refractivity contribution is -0.210. The second kappa shape index (κ2) is 9.95. The molecular formula is C23H20BrF3N6O4. The summed E-state index contributed by atoms with van der Waals surface area (Å²) in [6.45, 7) is 1.06. The van der Waals surface area contributed by atoms with E-state index in [0.29, 0.717) is 16.0 Å². The van der Waals surface area contributed by atoms with Crippen LogP contribution in [0.5, 0.6) is 0 Å². The number of aryl methyl sites for hydroxylation is 1. The fourth-order valence-electron chi connectivity index (χ4n) is 4.32. The predicted octanol–water partition coefficient (Wildman–Crippen LogP) is 2.41. The third-order valence-electron chi connectivity index (χ3n) is 6.04. The van der Waals surface area contributed by atoms with Crippen LogP contribution < -0.4 is 0 Å². The molecule has 3 N–H and O–H groups in total. The molecule has 1 saturated heterocycles. The maximum Gasteiger partial charge on any atom is 0.194 e. The van der Waals surface area contributed by atoms with E-state index in [2.05, 4.69) is 36.1 Å². The highest BCUT2D eigenvalue weighted by Gasteiger charge is 2.48. The number of nitrogens with zero attached hydrogens (tertiary/aromatic N) is 6. The summed E-state index contributed by atoms with van der Waals surface area (Å²) in [5.74, 6) is -3.77. The number of rotatable bonds is 5. The Kier molecular flexibility index (Phi) is 6.85. The number of ether oxygens (including phenoxy) is 1. The monoisotopic (exact) mass is 580 g/mol. The van der Waals surface area contributed by atoms with Crippen LogP contribution in [0.25, 0.3) is 16.8 Å². The third kappa shape index (κ3) is 4.66. The van der Waals surface area contributed by atoms with Gasteiger partial charge in [0.25, 0.3) is 0 Å². The van der Waals surface area contributed by atoms with Gasteiger partial charge in [0.1, 0.15) is 36.3 Å². The van der Waals surface area contributed by atoms with Gasteiger partial charge >= 0.3 is 0 Å². The lowest BCUT2D eigenvalue weighted by atomic mass is 9.92. The molecule has 0 radical (unpaired) electrons. The van der Waals surface area contributed by atoms with Crippen molar-refractivity contribution in [3.8, 4) is 16.8 Å². The highest BCUT2D eigenvalue weighted by molar-refractivity contribution is 9.10. The highest BCUT2D eigenvalue weighted by atomic mass is 79.9. The molecule has 0 amide bonds. The van der Waals surface area contributed by atoms with Crippen LogP contribution in [-0.4, -0.2) is 69.8 Å². The van der Waals surface area contributed by atoms with Crippen LogP contribution in [0.3, 0.4) is 0 Å². The first kappa shape index (κ1) is 25.5. The molecule has 5 atom stereocenters. The summed E-state index contributed by atoms with van der Waals surface area (Å²) in [4.78, 5) is 8.53. The zero-order valence-electron chi connectivity index (χ0n) is 19.1. The quantitative estimate of drug-likeness (QED) is 0.307. The summed E-state index contributed by atoms with van der Waals surface area (Å²) in [7, 11) is 0. The van der Waals surface area contributed by atoms with Crippen molar-refractivity contribution in [2.24, 2.45) is 0 Å². The highest BCUT2D eigenvalue weighted by Crippen LogP contribution is 2.39. The van der Waals surface area contributed by atoms with Crippen molar-refractivity contribution in [1.82, 2.24) is 29.5 Å². The molecule has 1 fully saturated rings. The van der Waals surface area contributed by atoms with Crippen molar-refractivity contribution in [2.45, 2.75) is 37.4 Å². The SMILES string of the molecule is Cc1nc([C@@H]2OC(CO)[C@H](O)C(n3cc(-c4cc(F)c(F)c(F)c4)cn3)[C@@H]2O)n(-c2cncc(Br)c2)n1. The van der Waals surface area contributed by atoms with Gasteiger partial charge in [-0.25, -0.2) is 22.8 Å². The van der Waals surface area contributed by atoms with Crippen LogP contribution in [0.15, 0.2) is 47.5 Å². The molecule has 10 nitrogen and oxygen atoms in total. The average molecular weight is 581 g/mol. The van der Waals surface area contributed by atoms with Gasteiger partial charge in [0.2, 0.25) is 0 Å². The van der Waals surface area contributed by atoms with E-state index in [1.807, 2.05) is 0 Å². The molecule has 0 saturated carbocycles. The lowest BCUT2D eigenvalue weighted by Gasteiger charge is -2.41. The van der Waals surface area contributed by atoms with Gasteiger partial charge in [-0.2, -0.15) is 10.2 Å². The average Bonchev–Trinajstić information content (AvgIpc) is 3.50. The van der Waals surface area contributed by atoms with E-state index in [0.717, 1.165) is 12.1 Å². The topological polar surface area (TPSA) is 131 Å². The predicted molar refractivity (Wildman–Crippen MR) is 125 cm³/mol. The number of aliphatic hydroxyl groups is 3. The molecule has 1 aliphatic rings. The first-order valence-corrected chi connectivity index (χ1v) is 11.8. The van der Waals surface area contributed by atoms with E-state index in [1.165, 1.54) is 28.0 Å². The smallest absolute Gasteiger partial charge is 0.194 e. The van der Waals surface area contributed by atoms with E-state index in [4.69, 9.17) is 4.74 Å². The maximum absolute atomic E-state index is 13.8. The molecule has 0 spiro atoms. The van der Waals surface area contributed by atoms with Crippen LogP contribution in [-0.2, 0) is 4.74 Å². The number of pyridine rings is 1. The molecule has 3 aromatic heterocycles. The van der Waals surface area contributed by atoms with Gasteiger partial charge in [0.15, 0.2) is 23.3 Å². The number of aromatic nitrogens is 6. The molecule has 4 aromatic rings. The van der Waals surface area contributed by atoms with Gasteiger partial charge in [-0.1, -0.05) is 0 Å². The second-order valence-electron chi connectivity index (χ2n) is 8.50. The van der Waals surface area contributed by atoms with E-state index < -0.39 is 54.5 Å². The number of benzene rings is 1. The Morgan fingerprint density at radius 2 is 1.76 bits per heavy atom. The van der Waals surface area contributed by atoms with Crippen LogP contribution in [0, 0.1) is 24.4 Å². The number of aliphatic hydroxyl groups excluding tert-OH is 3. The van der Waals surface area contributed by atoms with E-state index >= 15 is 0 Å².